The molecule has 40 valence electrons. The fraction of sp³-hybridized carbons (Fsp3) is 1.00. The van der Waals surface area contributed by atoms with Gasteiger partial charge in [0.05, 0.1) is 6.10 Å². The van der Waals surface area contributed by atoms with Crippen molar-refractivity contribution in [2.24, 2.45) is 0 Å². The Bertz CT molecular complexity index is 74.1. The van der Waals surface area contributed by atoms with Gasteiger partial charge >= 0.3 is 0 Å². The van der Waals surface area contributed by atoms with E-state index in [-0.39, 0.29) is 0 Å². The standard InChI is InChI=1S/C5H8OS/c1-2-6-4-3-7-5(1)4/h4-5H,1-3H2. The van der Waals surface area contributed by atoms with E-state index < -0.39 is 0 Å². The Balaban J connectivity index is 2.03. The second-order valence-corrected chi connectivity index (χ2v) is 3.34. The molecule has 0 N–H and O–H groups in total. The highest BCUT2D eigenvalue weighted by molar-refractivity contribution is 8.01. The van der Waals surface area contributed by atoms with Crippen molar-refractivity contribution in [1.29, 1.82) is 0 Å². The second kappa shape index (κ2) is 1.39. The second-order valence-electron chi connectivity index (χ2n) is 2.07. The van der Waals surface area contributed by atoms with Gasteiger partial charge in [-0.2, -0.15) is 11.8 Å². The van der Waals surface area contributed by atoms with Crippen molar-refractivity contribution in [2.75, 3.05) is 12.4 Å². The zero-order valence-corrected chi connectivity index (χ0v) is 4.91. The van der Waals surface area contributed by atoms with Gasteiger partial charge in [0.1, 0.15) is 0 Å². The van der Waals surface area contributed by atoms with E-state index in [4.69, 9.17) is 4.74 Å². The molecule has 0 aromatic carbocycles. The van der Waals surface area contributed by atoms with Crippen molar-refractivity contribution in [2.45, 2.75) is 17.8 Å². The van der Waals surface area contributed by atoms with Crippen molar-refractivity contribution in [3.63, 3.8) is 0 Å². The summed E-state index contributed by atoms with van der Waals surface area (Å²) in [6.07, 6.45) is 1.96. The Kier molecular flexibility index (Phi) is 0.837. The maximum atomic E-state index is 5.33. The lowest BCUT2D eigenvalue weighted by atomic mass is 10.2. The van der Waals surface area contributed by atoms with Gasteiger partial charge in [0.15, 0.2) is 0 Å². The van der Waals surface area contributed by atoms with Crippen molar-refractivity contribution in [3.8, 4) is 0 Å². The highest BCUT2D eigenvalue weighted by Crippen LogP contribution is 2.37. The first-order valence-corrected chi connectivity index (χ1v) is 3.75. The van der Waals surface area contributed by atoms with Crippen LogP contribution in [-0.2, 0) is 4.74 Å². The molecule has 0 aromatic heterocycles. The van der Waals surface area contributed by atoms with E-state index >= 15 is 0 Å². The van der Waals surface area contributed by atoms with E-state index in [2.05, 4.69) is 11.8 Å². The van der Waals surface area contributed by atoms with Crippen LogP contribution in [0, 0.1) is 0 Å². The van der Waals surface area contributed by atoms with E-state index in [0.717, 1.165) is 11.9 Å². The van der Waals surface area contributed by atoms with E-state index in [0.29, 0.717) is 6.10 Å². The molecule has 7 heavy (non-hydrogen) atoms. The minimum absolute atomic E-state index is 0.657. The minimum Gasteiger partial charge on any atom is -0.376 e. The number of rotatable bonds is 0. The van der Waals surface area contributed by atoms with Crippen molar-refractivity contribution in [3.05, 3.63) is 0 Å². The molecule has 2 atom stereocenters. The molecule has 2 heteroatoms. The van der Waals surface area contributed by atoms with E-state index in [9.17, 15) is 0 Å². The fourth-order valence-corrected chi connectivity index (χ4v) is 2.13. The van der Waals surface area contributed by atoms with Crippen LogP contribution in [-0.4, -0.2) is 23.7 Å². The molecule has 2 rings (SSSR count). The van der Waals surface area contributed by atoms with Crippen LogP contribution in [0.2, 0.25) is 0 Å². The third-order valence-corrected chi connectivity index (χ3v) is 3.11. The average Bonchev–Trinajstić information content (AvgIpc) is 1.85. The number of hydrogen-bond donors (Lipinski definition) is 0. The Hall–Kier alpha value is 0.310. The van der Waals surface area contributed by atoms with Gasteiger partial charge in [-0.3, -0.25) is 0 Å². The quantitative estimate of drug-likeness (QED) is 0.465. The predicted octanol–water partition coefficient (Wildman–Crippen LogP) is 0.891. The number of hydrogen-bond acceptors (Lipinski definition) is 2. The normalized spacial score (nSPS) is 48.0. The largest absolute Gasteiger partial charge is 0.376 e. The molecule has 0 radical (unpaired) electrons. The SMILES string of the molecule is C1CC2SCC2O1. The van der Waals surface area contributed by atoms with E-state index in [1.807, 2.05) is 0 Å². The van der Waals surface area contributed by atoms with Gasteiger partial charge in [-0.15, -0.1) is 0 Å². The number of thioether (sulfide) groups is 1. The molecule has 2 fully saturated rings. The first kappa shape index (κ1) is 4.21. The molecule has 2 aliphatic heterocycles. The lowest BCUT2D eigenvalue weighted by Gasteiger charge is -2.27. The van der Waals surface area contributed by atoms with Gasteiger partial charge in [-0.25, -0.2) is 0 Å². The van der Waals surface area contributed by atoms with E-state index in [1.54, 1.807) is 0 Å². The Morgan fingerprint density at radius 1 is 1.57 bits per heavy atom. The van der Waals surface area contributed by atoms with Crippen LogP contribution in [0.1, 0.15) is 6.42 Å². The Labute approximate surface area is 47.4 Å². The van der Waals surface area contributed by atoms with Crippen LogP contribution in [0.25, 0.3) is 0 Å². The van der Waals surface area contributed by atoms with Gasteiger partial charge in [0, 0.05) is 17.6 Å². The summed E-state index contributed by atoms with van der Waals surface area (Å²) in [5, 5.41) is 0.889. The van der Waals surface area contributed by atoms with Crippen LogP contribution in [0.4, 0.5) is 0 Å². The summed E-state index contributed by atoms with van der Waals surface area (Å²) in [4.78, 5) is 0. The molecule has 0 saturated carbocycles. The average molecular weight is 116 g/mol. The Morgan fingerprint density at radius 3 is 2.86 bits per heavy atom. The molecule has 0 aromatic rings. The van der Waals surface area contributed by atoms with Gasteiger partial charge in [-0.05, 0) is 6.42 Å². The summed E-state index contributed by atoms with van der Waals surface area (Å²) in [5.41, 5.74) is 0. The molecule has 2 saturated heterocycles. The van der Waals surface area contributed by atoms with Crippen LogP contribution in [0.15, 0.2) is 0 Å². The fourth-order valence-electron chi connectivity index (χ4n) is 1.07. The zero-order chi connectivity index (χ0) is 4.69. The molecular weight excluding hydrogens is 108 g/mol. The number of fused-ring (bicyclic) bond motifs is 1. The predicted molar refractivity (Wildman–Crippen MR) is 30.6 cm³/mol. The highest BCUT2D eigenvalue weighted by Gasteiger charge is 2.36. The van der Waals surface area contributed by atoms with Gasteiger partial charge in [-0.1, -0.05) is 0 Å². The van der Waals surface area contributed by atoms with E-state index in [1.165, 1.54) is 12.2 Å². The van der Waals surface area contributed by atoms with Gasteiger partial charge in [0.2, 0.25) is 0 Å². The number of ether oxygens (including phenoxy) is 1. The summed E-state index contributed by atoms with van der Waals surface area (Å²) < 4.78 is 5.33. The lowest BCUT2D eigenvalue weighted by Crippen LogP contribution is -2.31. The topological polar surface area (TPSA) is 9.23 Å². The van der Waals surface area contributed by atoms with Gasteiger partial charge in [0.25, 0.3) is 0 Å². The monoisotopic (exact) mass is 116 g/mol. The summed E-state index contributed by atoms with van der Waals surface area (Å²) in [5.74, 6) is 1.25. The molecule has 0 spiro atoms. The molecule has 2 aliphatic rings. The molecule has 0 aliphatic carbocycles. The molecule has 0 amide bonds. The minimum atomic E-state index is 0.657. The maximum absolute atomic E-state index is 5.33. The van der Waals surface area contributed by atoms with Crippen LogP contribution in [0.5, 0.6) is 0 Å². The van der Waals surface area contributed by atoms with Crippen LogP contribution < -0.4 is 0 Å². The maximum Gasteiger partial charge on any atom is 0.0784 e. The zero-order valence-electron chi connectivity index (χ0n) is 4.09. The molecule has 2 heterocycles. The van der Waals surface area contributed by atoms with Gasteiger partial charge < -0.3 is 4.74 Å². The smallest absolute Gasteiger partial charge is 0.0784 e. The third-order valence-electron chi connectivity index (χ3n) is 1.62. The summed E-state index contributed by atoms with van der Waals surface area (Å²) in [7, 11) is 0. The van der Waals surface area contributed by atoms with Crippen LogP contribution >= 0.6 is 11.8 Å². The molecule has 2 unspecified atom stereocenters. The van der Waals surface area contributed by atoms with Crippen molar-refractivity contribution in [1.82, 2.24) is 0 Å². The molecule has 0 bridgehead atoms. The van der Waals surface area contributed by atoms with Crippen LogP contribution in [0.3, 0.4) is 0 Å². The van der Waals surface area contributed by atoms with Crippen molar-refractivity contribution < 1.29 is 4.74 Å². The summed E-state index contributed by atoms with van der Waals surface area (Å²) >= 11 is 2.05. The summed E-state index contributed by atoms with van der Waals surface area (Å²) in [6, 6.07) is 0. The first-order valence-electron chi connectivity index (χ1n) is 2.70. The first-order chi connectivity index (χ1) is 3.47. The highest BCUT2D eigenvalue weighted by atomic mass is 32.2. The Morgan fingerprint density at radius 2 is 2.57 bits per heavy atom. The summed E-state index contributed by atoms with van der Waals surface area (Å²) in [6.45, 7) is 1.02. The lowest BCUT2D eigenvalue weighted by molar-refractivity contribution is 0.124. The molecular formula is C5H8OS. The third kappa shape index (κ3) is 0.500. The van der Waals surface area contributed by atoms with Crippen molar-refractivity contribution >= 4 is 11.8 Å². The molecule has 1 nitrogen and oxygen atoms in total.